The summed E-state index contributed by atoms with van der Waals surface area (Å²) in [4.78, 5) is 12.3. The molecule has 0 radical (unpaired) electrons. The number of hydrogen-bond donors (Lipinski definition) is 1. The lowest BCUT2D eigenvalue weighted by Gasteiger charge is -2.19. The van der Waals surface area contributed by atoms with Crippen LogP contribution in [0.15, 0.2) is 36.4 Å². The van der Waals surface area contributed by atoms with Gasteiger partial charge in [-0.3, -0.25) is 4.79 Å². The smallest absolute Gasteiger partial charge is 0.260 e. The highest BCUT2D eigenvalue weighted by Crippen LogP contribution is 2.25. The fraction of sp³-hybridized carbons (Fsp3) is 0.435. The Balaban J connectivity index is 1.44. The standard InChI is InChI=1S/C23H29NO3/c1-16-8-11-22(17(2)14-16)26-13-12-24-23(25)18(3)27-21-10-9-19-6-4-5-7-20(19)15-21/h8-11,14-15,18H,4-7,12-13H2,1-3H3,(H,24,25)/t18-/m0/s1. The first kappa shape index (κ1) is 19.3. The molecule has 1 amide bonds. The van der Waals surface area contributed by atoms with Crippen LogP contribution in [-0.4, -0.2) is 25.2 Å². The van der Waals surface area contributed by atoms with Gasteiger partial charge in [-0.1, -0.05) is 23.8 Å². The van der Waals surface area contributed by atoms with Gasteiger partial charge in [0.05, 0.1) is 6.54 Å². The van der Waals surface area contributed by atoms with E-state index in [4.69, 9.17) is 9.47 Å². The van der Waals surface area contributed by atoms with Crippen LogP contribution in [0.1, 0.15) is 42.0 Å². The minimum Gasteiger partial charge on any atom is -0.491 e. The summed E-state index contributed by atoms with van der Waals surface area (Å²) in [6.45, 7) is 6.74. The number of ether oxygens (including phenoxy) is 2. The predicted octanol–water partition coefficient (Wildman–Crippen LogP) is 4.14. The number of carbonyl (C=O) groups is 1. The van der Waals surface area contributed by atoms with Gasteiger partial charge >= 0.3 is 0 Å². The minimum absolute atomic E-state index is 0.128. The summed E-state index contributed by atoms with van der Waals surface area (Å²) in [5.41, 5.74) is 5.08. The van der Waals surface area contributed by atoms with Crippen molar-refractivity contribution < 1.29 is 14.3 Å². The van der Waals surface area contributed by atoms with Gasteiger partial charge in [-0.2, -0.15) is 0 Å². The molecule has 0 saturated carbocycles. The van der Waals surface area contributed by atoms with E-state index in [1.54, 1.807) is 6.92 Å². The van der Waals surface area contributed by atoms with E-state index in [9.17, 15) is 4.79 Å². The van der Waals surface area contributed by atoms with Crippen LogP contribution in [0.25, 0.3) is 0 Å². The van der Waals surface area contributed by atoms with Crippen molar-refractivity contribution in [1.29, 1.82) is 0 Å². The zero-order valence-electron chi connectivity index (χ0n) is 16.5. The van der Waals surface area contributed by atoms with Gasteiger partial charge in [0, 0.05) is 0 Å². The highest BCUT2D eigenvalue weighted by Gasteiger charge is 2.16. The fourth-order valence-electron chi connectivity index (χ4n) is 3.48. The molecule has 4 heteroatoms. The molecule has 0 unspecified atom stereocenters. The number of aryl methyl sites for hydroxylation is 4. The SMILES string of the molecule is Cc1ccc(OCCNC(=O)[C@H](C)Oc2ccc3c(c2)CCCC3)c(C)c1. The fourth-order valence-corrected chi connectivity index (χ4v) is 3.48. The Kier molecular flexibility index (Phi) is 6.38. The third-order valence-electron chi connectivity index (χ3n) is 4.99. The van der Waals surface area contributed by atoms with Gasteiger partial charge in [-0.25, -0.2) is 0 Å². The molecule has 1 aliphatic rings. The molecule has 2 aromatic carbocycles. The molecule has 0 bridgehead atoms. The van der Waals surface area contributed by atoms with Gasteiger partial charge in [-0.05, 0) is 81.3 Å². The molecule has 1 N–H and O–H groups in total. The highest BCUT2D eigenvalue weighted by atomic mass is 16.5. The van der Waals surface area contributed by atoms with Crippen molar-refractivity contribution in [2.24, 2.45) is 0 Å². The van der Waals surface area contributed by atoms with Crippen LogP contribution >= 0.6 is 0 Å². The first-order valence-corrected chi connectivity index (χ1v) is 9.79. The molecule has 1 aliphatic carbocycles. The van der Waals surface area contributed by atoms with Crippen molar-refractivity contribution in [3.8, 4) is 11.5 Å². The second kappa shape index (κ2) is 8.94. The maximum Gasteiger partial charge on any atom is 0.260 e. The molecule has 4 nitrogen and oxygen atoms in total. The quantitative estimate of drug-likeness (QED) is 0.748. The lowest BCUT2D eigenvalue weighted by molar-refractivity contribution is -0.127. The minimum atomic E-state index is -0.534. The first-order valence-electron chi connectivity index (χ1n) is 9.79. The number of fused-ring (bicyclic) bond motifs is 1. The summed E-state index contributed by atoms with van der Waals surface area (Å²) < 4.78 is 11.6. The molecule has 0 fully saturated rings. The average molecular weight is 367 g/mol. The monoisotopic (exact) mass is 367 g/mol. The molecule has 144 valence electrons. The van der Waals surface area contributed by atoms with Crippen molar-refractivity contribution in [3.63, 3.8) is 0 Å². The highest BCUT2D eigenvalue weighted by molar-refractivity contribution is 5.80. The Morgan fingerprint density at radius 1 is 1.07 bits per heavy atom. The van der Waals surface area contributed by atoms with E-state index in [1.807, 2.05) is 25.1 Å². The lowest BCUT2D eigenvalue weighted by atomic mass is 9.92. The zero-order valence-corrected chi connectivity index (χ0v) is 16.5. The van der Waals surface area contributed by atoms with Gasteiger partial charge in [0.2, 0.25) is 0 Å². The maximum absolute atomic E-state index is 12.3. The van der Waals surface area contributed by atoms with Gasteiger partial charge < -0.3 is 14.8 Å². The van der Waals surface area contributed by atoms with E-state index >= 15 is 0 Å². The first-order chi connectivity index (χ1) is 13.0. The summed E-state index contributed by atoms with van der Waals surface area (Å²) in [6.07, 6.45) is 4.20. The molecule has 0 aromatic heterocycles. The molecule has 2 aromatic rings. The molecule has 0 spiro atoms. The molecule has 0 heterocycles. The average Bonchev–Trinajstić information content (AvgIpc) is 2.66. The molecule has 1 atom stereocenters. The summed E-state index contributed by atoms with van der Waals surface area (Å²) in [5, 5.41) is 2.88. The molecule has 27 heavy (non-hydrogen) atoms. The Labute approximate surface area is 161 Å². The number of carbonyl (C=O) groups excluding carboxylic acids is 1. The van der Waals surface area contributed by atoms with Crippen LogP contribution in [0.2, 0.25) is 0 Å². The zero-order chi connectivity index (χ0) is 19.2. The topological polar surface area (TPSA) is 47.6 Å². The van der Waals surface area contributed by atoms with Crippen molar-refractivity contribution in [3.05, 3.63) is 58.7 Å². The second-order valence-corrected chi connectivity index (χ2v) is 7.31. The third-order valence-corrected chi connectivity index (χ3v) is 4.99. The third kappa shape index (κ3) is 5.25. The van der Waals surface area contributed by atoms with Crippen molar-refractivity contribution >= 4 is 5.91 Å². The molecular weight excluding hydrogens is 338 g/mol. The summed E-state index contributed by atoms with van der Waals surface area (Å²) >= 11 is 0. The number of rotatable bonds is 7. The van der Waals surface area contributed by atoms with Gasteiger partial charge in [-0.15, -0.1) is 0 Å². The van der Waals surface area contributed by atoms with E-state index in [-0.39, 0.29) is 5.91 Å². The Bertz CT molecular complexity index is 800. The van der Waals surface area contributed by atoms with E-state index < -0.39 is 6.10 Å². The van der Waals surface area contributed by atoms with Crippen LogP contribution in [-0.2, 0) is 17.6 Å². The van der Waals surface area contributed by atoms with Crippen LogP contribution in [0.3, 0.4) is 0 Å². The van der Waals surface area contributed by atoms with Crippen molar-refractivity contribution in [2.75, 3.05) is 13.2 Å². The van der Waals surface area contributed by atoms with E-state index in [1.165, 1.54) is 29.5 Å². The largest absolute Gasteiger partial charge is 0.491 e. The molecule has 0 saturated heterocycles. The summed E-state index contributed by atoms with van der Waals surface area (Å²) in [6, 6.07) is 12.3. The number of hydrogen-bond acceptors (Lipinski definition) is 3. The van der Waals surface area contributed by atoms with Crippen LogP contribution in [0, 0.1) is 13.8 Å². The van der Waals surface area contributed by atoms with Gasteiger partial charge in [0.25, 0.3) is 5.91 Å². The molecule has 3 rings (SSSR count). The van der Waals surface area contributed by atoms with Crippen molar-refractivity contribution in [2.45, 2.75) is 52.6 Å². The molecular formula is C23H29NO3. The van der Waals surface area contributed by atoms with E-state index in [0.29, 0.717) is 13.2 Å². The Morgan fingerprint density at radius 2 is 1.85 bits per heavy atom. The van der Waals surface area contributed by atoms with Crippen LogP contribution in [0.5, 0.6) is 11.5 Å². The van der Waals surface area contributed by atoms with Crippen LogP contribution in [0.4, 0.5) is 0 Å². The van der Waals surface area contributed by atoms with Gasteiger partial charge in [0.15, 0.2) is 6.10 Å². The predicted molar refractivity (Wildman–Crippen MR) is 108 cm³/mol. The Morgan fingerprint density at radius 3 is 2.63 bits per heavy atom. The van der Waals surface area contributed by atoms with Crippen molar-refractivity contribution in [1.82, 2.24) is 5.32 Å². The number of nitrogens with one attached hydrogen (secondary N) is 1. The molecule has 0 aliphatic heterocycles. The Hall–Kier alpha value is -2.49. The number of benzene rings is 2. The normalized spacial score (nSPS) is 14.2. The summed E-state index contributed by atoms with van der Waals surface area (Å²) in [7, 11) is 0. The van der Waals surface area contributed by atoms with E-state index in [2.05, 4.69) is 30.4 Å². The maximum atomic E-state index is 12.3. The van der Waals surface area contributed by atoms with Gasteiger partial charge in [0.1, 0.15) is 18.1 Å². The lowest BCUT2D eigenvalue weighted by Crippen LogP contribution is -2.38. The number of amides is 1. The second-order valence-electron chi connectivity index (χ2n) is 7.31. The van der Waals surface area contributed by atoms with E-state index in [0.717, 1.165) is 29.9 Å². The van der Waals surface area contributed by atoms with Crippen LogP contribution < -0.4 is 14.8 Å². The summed E-state index contributed by atoms with van der Waals surface area (Å²) in [5.74, 6) is 1.50.